The summed E-state index contributed by atoms with van der Waals surface area (Å²) in [6.07, 6.45) is 1.57. The molecule has 4 N–H and O–H groups in total. The SMILES string of the molecule is CC(C)(CCCO)CNC(=O)c1cc(Cl)ccc1N. The third-order valence-electron chi connectivity index (χ3n) is 3.00. The maximum atomic E-state index is 12.0. The number of carbonyl (C=O) groups is 1. The summed E-state index contributed by atoms with van der Waals surface area (Å²) in [5, 5.41) is 12.2. The topological polar surface area (TPSA) is 75.3 Å². The van der Waals surface area contributed by atoms with Gasteiger partial charge in [0.15, 0.2) is 0 Å². The molecule has 0 unspecified atom stereocenters. The summed E-state index contributed by atoms with van der Waals surface area (Å²) in [5.41, 5.74) is 6.50. The molecule has 0 saturated heterocycles. The quantitative estimate of drug-likeness (QED) is 0.702. The van der Waals surface area contributed by atoms with E-state index in [4.69, 9.17) is 22.4 Å². The molecular formula is C14H21ClN2O2. The number of amides is 1. The van der Waals surface area contributed by atoms with E-state index in [0.29, 0.717) is 22.8 Å². The van der Waals surface area contributed by atoms with Gasteiger partial charge in [-0.05, 0) is 36.5 Å². The van der Waals surface area contributed by atoms with E-state index in [1.54, 1.807) is 18.2 Å². The van der Waals surface area contributed by atoms with Gasteiger partial charge in [0.2, 0.25) is 0 Å². The van der Waals surface area contributed by atoms with Gasteiger partial charge in [-0.3, -0.25) is 4.79 Å². The predicted molar refractivity (Wildman–Crippen MR) is 78.3 cm³/mol. The molecule has 5 heteroatoms. The van der Waals surface area contributed by atoms with Gasteiger partial charge in [0, 0.05) is 23.9 Å². The van der Waals surface area contributed by atoms with E-state index in [2.05, 4.69) is 5.32 Å². The van der Waals surface area contributed by atoms with Gasteiger partial charge in [0.05, 0.1) is 5.56 Å². The van der Waals surface area contributed by atoms with Crippen molar-refractivity contribution in [2.45, 2.75) is 26.7 Å². The molecule has 0 spiro atoms. The van der Waals surface area contributed by atoms with Crippen LogP contribution in [0.1, 0.15) is 37.0 Å². The van der Waals surface area contributed by atoms with Gasteiger partial charge in [-0.15, -0.1) is 0 Å². The zero-order valence-corrected chi connectivity index (χ0v) is 12.1. The Hall–Kier alpha value is -1.26. The third-order valence-corrected chi connectivity index (χ3v) is 3.23. The molecule has 106 valence electrons. The number of aliphatic hydroxyl groups excluding tert-OH is 1. The van der Waals surface area contributed by atoms with E-state index >= 15 is 0 Å². The fourth-order valence-electron chi connectivity index (χ4n) is 1.79. The van der Waals surface area contributed by atoms with Crippen LogP contribution in [0.3, 0.4) is 0 Å². The Bertz CT molecular complexity index is 447. The summed E-state index contributed by atoms with van der Waals surface area (Å²) in [4.78, 5) is 12.0. The van der Waals surface area contributed by atoms with E-state index in [9.17, 15) is 4.79 Å². The first-order chi connectivity index (χ1) is 8.85. The summed E-state index contributed by atoms with van der Waals surface area (Å²) < 4.78 is 0. The Morgan fingerprint density at radius 2 is 2.16 bits per heavy atom. The molecule has 0 aromatic heterocycles. The summed E-state index contributed by atoms with van der Waals surface area (Å²) in [5.74, 6) is -0.225. The molecule has 0 fully saturated rings. The van der Waals surface area contributed by atoms with Crippen LogP contribution >= 0.6 is 11.6 Å². The van der Waals surface area contributed by atoms with Crippen LogP contribution in [0, 0.1) is 5.41 Å². The maximum Gasteiger partial charge on any atom is 0.253 e. The van der Waals surface area contributed by atoms with E-state index in [0.717, 1.165) is 12.8 Å². The second-order valence-electron chi connectivity index (χ2n) is 5.41. The molecule has 19 heavy (non-hydrogen) atoms. The summed E-state index contributed by atoms with van der Waals surface area (Å²) >= 11 is 5.86. The number of rotatable bonds is 6. The van der Waals surface area contributed by atoms with Gasteiger partial charge >= 0.3 is 0 Å². The highest BCUT2D eigenvalue weighted by Gasteiger charge is 2.19. The van der Waals surface area contributed by atoms with Crippen molar-refractivity contribution in [2.24, 2.45) is 5.41 Å². The van der Waals surface area contributed by atoms with Crippen LogP contribution in [0.15, 0.2) is 18.2 Å². The molecule has 0 radical (unpaired) electrons. The number of carbonyl (C=O) groups excluding carboxylic acids is 1. The first-order valence-electron chi connectivity index (χ1n) is 6.30. The summed E-state index contributed by atoms with van der Waals surface area (Å²) in [6.45, 7) is 4.78. The van der Waals surface area contributed by atoms with Crippen molar-refractivity contribution < 1.29 is 9.90 Å². The third kappa shape index (κ3) is 5.09. The number of hydrogen-bond acceptors (Lipinski definition) is 3. The first-order valence-corrected chi connectivity index (χ1v) is 6.67. The van der Waals surface area contributed by atoms with Crippen molar-refractivity contribution >= 4 is 23.2 Å². The van der Waals surface area contributed by atoms with Crippen LogP contribution in [0.4, 0.5) is 5.69 Å². The van der Waals surface area contributed by atoms with Crippen molar-refractivity contribution in [1.82, 2.24) is 5.32 Å². The molecule has 4 nitrogen and oxygen atoms in total. The first kappa shape index (κ1) is 15.8. The van der Waals surface area contributed by atoms with E-state index in [1.807, 2.05) is 13.8 Å². The molecule has 1 aromatic carbocycles. The lowest BCUT2D eigenvalue weighted by Gasteiger charge is -2.24. The van der Waals surface area contributed by atoms with Crippen LogP contribution < -0.4 is 11.1 Å². The standard InChI is InChI=1S/C14H21ClN2O2/c1-14(2,6-3-7-18)9-17-13(19)11-8-10(15)4-5-12(11)16/h4-5,8,18H,3,6-7,9,16H2,1-2H3,(H,17,19). The zero-order valence-electron chi connectivity index (χ0n) is 11.4. The molecule has 0 bridgehead atoms. The predicted octanol–water partition coefficient (Wildman–Crippen LogP) is 2.45. The highest BCUT2D eigenvalue weighted by molar-refractivity contribution is 6.31. The molecule has 0 heterocycles. The zero-order chi connectivity index (χ0) is 14.5. The van der Waals surface area contributed by atoms with Gasteiger partial charge in [-0.2, -0.15) is 0 Å². The van der Waals surface area contributed by atoms with Crippen molar-refractivity contribution in [3.8, 4) is 0 Å². The normalized spacial score (nSPS) is 11.4. The van der Waals surface area contributed by atoms with Gasteiger partial charge in [0.1, 0.15) is 0 Å². The molecule has 1 amide bonds. The van der Waals surface area contributed by atoms with Crippen molar-refractivity contribution in [1.29, 1.82) is 0 Å². The van der Waals surface area contributed by atoms with Crippen LogP contribution in [-0.2, 0) is 0 Å². The highest BCUT2D eigenvalue weighted by atomic mass is 35.5. The minimum atomic E-state index is -0.225. The van der Waals surface area contributed by atoms with Gasteiger partial charge in [-0.25, -0.2) is 0 Å². The fraction of sp³-hybridized carbons (Fsp3) is 0.500. The van der Waals surface area contributed by atoms with Crippen LogP contribution in [0.2, 0.25) is 5.02 Å². The number of hydrogen-bond donors (Lipinski definition) is 3. The van der Waals surface area contributed by atoms with Crippen LogP contribution in [-0.4, -0.2) is 24.2 Å². The Morgan fingerprint density at radius 3 is 2.79 bits per heavy atom. The Labute approximate surface area is 118 Å². The lowest BCUT2D eigenvalue weighted by Crippen LogP contribution is -2.34. The average molecular weight is 285 g/mol. The van der Waals surface area contributed by atoms with Gasteiger partial charge < -0.3 is 16.2 Å². The molecule has 1 rings (SSSR count). The lowest BCUT2D eigenvalue weighted by atomic mass is 9.88. The second kappa shape index (κ2) is 6.78. The number of nitrogens with one attached hydrogen (secondary N) is 1. The highest BCUT2D eigenvalue weighted by Crippen LogP contribution is 2.22. The Kier molecular flexibility index (Phi) is 5.63. The number of anilines is 1. The van der Waals surface area contributed by atoms with E-state index in [1.165, 1.54) is 0 Å². The second-order valence-corrected chi connectivity index (χ2v) is 5.84. The molecule has 0 aliphatic heterocycles. The minimum Gasteiger partial charge on any atom is -0.398 e. The number of nitrogens with two attached hydrogens (primary N) is 1. The van der Waals surface area contributed by atoms with Gasteiger partial charge in [0.25, 0.3) is 5.91 Å². The Balaban J connectivity index is 2.62. The molecule has 0 saturated carbocycles. The minimum absolute atomic E-state index is 0.0638. The Morgan fingerprint density at radius 1 is 1.47 bits per heavy atom. The van der Waals surface area contributed by atoms with E-state index in [-0.39, 0.29) is 17.9 Å². The number of nitrogen functional groups attached to an aromatic ring is 1. The molecular weight excluding hydrogens is 264 g/mol. The number of halogens is 1. The lowest BCUT2D eigenvalue weighted by molar-refractivity contribution is 0.0934. The van der Waals surface area contributed by atoms with Gasteiger partial charge in [-0.1, -0.05) is 25.4 Å². The number of benzene rings is 1. The maximum absolute atomic E-state index is 12.0. The van der Waals surface area contributed by atoms with Crippen LogP contribution in [0.5, 0.6) is 0 Å². The van der Waals surface area contributed by atoms with E-state index < -0.39 is 0 Å². The fourth-order valence-corrected chi connectivity index (χ4v) is 1.96. The number of aliphatic hydroxyl groups is 1. The molecule has 0 aliphatic carbocycles. The monoisotopic (exact) mass is 284 g/mol. The molecule has 1 aromatic rings. The molecule has 0 aliphatic rings. The average Bonchev–Trinajstić information content (AvgIpc) is 2.36. The van der Waals surface area contributed by atoms with Crippen molar-refractivity contribution in [2.75, 3.05) is 18.9 Å². The molecule has 0 atom stereocenters. The smallest absolute Gasteiger partial charge is 0.253 e. The van der Waals surface area contributed by atoms with Crippen LogP contribution in [0.25, 0.3) is 0 Å². The summed E-state index contributed by atoms with van der Waals surface area (Å²) in [6, 6.07) is 4.83. The van der Waals surface area contributed by atoms with Crippen molar-refractivity contribution in [3.63, 3.8) is 0 Å². The summed E-state index contributed by atoms with van der Waals surface area (Å²) in [7, 11) is 0. The van der Waals surface area contributed by atoms with Crippen molar-refractivity contribution in [3.05, 3.63) is 28.8 Å². The largest absolute Gasteiger partial charge is 0.398 e.